The highest BCUT2D eigenvalue weighted by atomic mass is 32.1. The molecule has 2 rings (SSSR count). The summed E-state index contributed by atoms with van der Waals surface area (Å²) in [6.45, 7) is 6.60. The lowest BCUT2D eigenvalue weighted by molar-refractivity contribution is 0.348. The lowest BCUT2D eigenvalue weighted by Gasteiger charge is -2.30. The molecule has 2 heterocycles. The molecule has 0 fully saturated rings. The van der Waals surface area contributed by atoms with E-state index >= 15 is 0 Å². The maximum atomic E-state index is 5.12. The van der Waals surface area contributed by atoms with Crippen molar-refractivity contribution in [2.45, 2.75) is 26.8 Å². The van der Waals surface area contributed by atoms with E-state index in [-0.39, 0.29) is 11.5 Å². The molecule has 0 aliphatic heterocycles. The van der Waals surface area contributed by atoms with Gasteiger partial charge in [0.25, 0.3) is 0 Å². The van der Waals surface area contributed by atoms with E-state index in [9.17, 15) is 0 Å². The third kappa shape index (κ3) is 3.44. The summed E-state index contributed by atoms with van der Waals surface area (Å²) < 4.78 is 5.12. The topological polar surface area (TPSA) is 47.0 Å². The van der Waals surface area contributed by atoms with Gasteiger partial charge in [0.15, 0.2) is 0 Å². The summed E-state index contributed by atoms with van der Waals surface area (Å²) in [5.41, 5.74) is 0.0668. The minimum atomic E-state index is 0.0668. The van der Waals surface area contributed by atoms with Crippen molar-refractivity contribution >= 4 is 17.3 Å². The van der Waals surface area contributed by atoms with Crippen molar-refractivity contribution in [3.05, 3.63) is 34.7 Å². The summed E-state index contributed by atoms with van der Waals surface area (Å²) in [4.78, 5) is 9.84. The van der Waals surface area contributed by atoms with E-state index in [2.05, 4.69) is 53.6 Å². The monoisotopic (exact) mass is 277 g/mol. The van der Waals surface area contributed by atoms with Gasteiger partial charge in [0.2, 0.25) is 11.8 Å². The van der Waals surface area contributed by atoms with Gasteiger partial charge in [-0.05, 0) is 16.9 Å². The second-order valence-electron chi connectivity index (χ2n) is 5.38. The van der Waals surface area contributed by atoms with Crippen molar-refractivity contribution in [2.24, 2.45) is 5.41 Å². The Morgan fingerprint density at radius 2 is 2.11 bits per heavy atom. The highest BCUT2D eigenvalue weighted by Gasteiger charge is 2.27. The van der Waals surface area contributed by atoms with Gasteiger partial charge in [-0.1, -0.05) is 26.8 Å². The number of nitrogens with one attached hydrogen (secondary N) is 1. The summed E-state index contributed by atoms with van der Waals surface area (Å²) in [6, 6.07) is 6.10. The van der Waals surface area contributed by atoms with Gasteiger partial charge in [0.05, 0.1) is 13.2 Å². The van der Waals surface area contributed by atoms with Crippen LogP contribution in [0, 0.1) is 5.41 Å². The fourth-order valence-electron chi connectivity index (χ4n) is 1.82. The molecule has 0 saturated heterocycles. The van der Waals surface area contributed by atoms with E-state index in [0.29, 0.717) is 11.8 Å². The SMILES string of the molecule is COc1ccnc(NC(c2cccs2)C(C)(C)C)n1. The third-order valence-electron chi connectivity index (χ3n) is 2.81. The zero-order valence-corrected chi connectivity index (χ0v) is 12.5. The summed E-state index contributed by atoms with van der Waals surface area (Å²) in [5.74, 6) is 1.16. The van der Waals surface area contributed by atoms with Crippen molar-refractivity contribution < 1.29 is 4.74 Å². The number of ether oxygens (including phenoxy) is 1. The van der Waals surface area contributed by atoms with Crippen molar-refractivity contribution in [1.29, 1.82) is 0 Å². The van der Waals surface area contributed by atoms with E-state index in [1.165, 1.54) is 4.88 Å². The Morgan fingerprint density at radius 1 is 1.32 bits per heavy atom. The number of nitrogens with zero attached hydrogens (tertiary/aromatic N) is 2. The quantitative estimate of drug-likeness (QED) is 0.924. The molecule has 0 aromatic carbocycles. The zero-order valence-electron chi connectivity index (χ0n) is 11.7. The second kappa shape index (κ2) is 5.57. The van der Waals surface area contributed by atoms with Crippen LogP contribution >= 0.6 is 11.3 Å². The molecule has 5 heteroatoms. The molecule has 1 atom stereocenters. The summed E-state index contributed by atoms with van der Waals surface area (Å²) in [5, 5.41) is 5.49. The van der Waals surface area contributed by atoms with E-state index < -0.39 is 0 Å². The molecule has 0 radical (unpaired) electrons. The van der Waals surface area contributed by atoms with Gasteiger partial charge >= 0.3 is 0 Å². The van der Waals surface area contributed by atoms with Crippen LogP contribution in [-0.4, -0.2) is 17.1 Å². The van der Waals surface area contributed by atoms with Crippen LogP contribution < -0.4 is 10.1 Å². The molecule has 0 amide bonds. The first-order valence-electron chi connectivity index (χ1n) is 6.17. The van der Waals surface area contributed by atoms with Crippen LogP contribution in [0.1, 0.15) is 31.7 Å². The molecule has 0 aliphatic rings. The van der Waals surface area contributed by atoms with Crippen LogP contribution in [0.4, 0.5) is 5.95 Å². The van der Waals surface area contributed by atoms with Gasteiger partial charge < -0.3 is 10.1 Å². The van der Waals surface area contributed by atoms with E-state index in [4.69, 9.17) is 4.74 Å². The Labute approximate surface area is 117 Å². The predicted molar refractivity (Wildman–Crippen MR) is 78.7 cm³/mol. The second-order valence-corrected chi connectivity index (χ2v) is 6.36. The molecule has 0 aliphatic carbocycles. The standard InChI is InChI=1S/C14H19N3OS/c1-14(2,3)12(10-6-5-9-19-10)17-13-15-8-7-11(16-13)18-4/h5-9,12H,1-4H3,(H,15,16,17). The van der Waals surface area contributed by atoms with Crippen molar-refractivity contribution in [2.75, 3.05) is 12.4 Å². The number of thiophene rings is 1. The third-order valence-corrected chi connectivity index (χ3v) is 3.74. The van der Waals surface area contributed by atoms with E-state index in [0.717, 1.165) is 0 Å². The van der Waals surface area contributed by atoms with Crippen LogP contribution in [0.15, 0.2) is 29.8 Å². The van der Waals surface area contributed by atoms with E-state index in [1.807, 2.05) is 0 Å². The van der Waals surface area contributed by atoms with Gasteiger partial charge in [-0.3, -0.25) is 0 Å². The minimum absolute atomic E-state index is 0.0668. The number of hydrogen-bond acceptors (Lipinski definition) is 5. The van der Waals surface area contributed by atoms with Crippen molar-refractivity contribution in [3.63, 3.8) is 0 Å². The first-order chi connectivity index (χ1) is 9.00. The maximum Gasteiger partial charge on any atom is 0.226 e. The van der Waals surface area contributed by atoms with Gasteiger partial charge in [-0.15, -0.1) is 11.3 Å². The first kappa shape index (κ1) is 13.8. The largest absolute Gasteiger partial charge is 0.481 e. The Kier molecular flexibility index (Phi) is 4.04. The molecule has 0 spiro atoms. The number of methoxy groups -OCH3 is 1. The Bertz CT molecular complexity index is 520. The first-order valence-corrected chi connectivity index (χ1v) is 7.05. The summed E-state index contributed by atoms with van der Waals surface area (Å²) >= 11 is 1.74. The highest BCUT2D eigenvalue weighted by Crippen LogP contribution is 2.37. The zero-order chi connectivity index (χ0) is 13.9. The van der Waals surface area contributed by atoms with Crippen LogP contribution in [0.3, 0.4) is 0 Å². The van der Waals surface area contributed by atoms with Gasteiger partial charge in [-0.2, -0.15) is 4.98 Å². The van der Waals surface area contributed by atoms with E-state index in [1.54, 1.807) is 30.7 Å². The van der Waals surface area contributed by atoms with Crippen LogP contribution in [-0.2, 0) is 0 Å². The summed E-state index contributed by atoms with van der Waals surface area (Å²) in [6.07, 6.45) is 1.70. The number of aromatic nitrogens is 2. The average Bonchev–Trinajstić information content (AvgIpc) is 2.88. The molecular formula is C14H19N3OS. The highest BCUT2D eigenvalue weighted by molar-refractivity contribution is 7.10. The number of rotatable bonds is 4. The lowest BCUT2D eigenvalue weighted by Crippen LogP contribution is -2.25. The molecule has 2 aromatic heterocycles. The molecule has 1 unspecified atom stereocenters. The molecule has 4 nitrogen and oxygen atoms in total. The molecule has 0 saturated carbocycles. The number of anilines is 1. The predicted octanol–water partition coefficient (Wildman–Crippen LogP) is 3.75. The Hall–Kier alpha value is -1.62. The Balaban J connectivity index is 2.26. The molecule has 102 valence electrons. The smallest absolute Gasteiger partial charge is 0.226 e. The van der Waals surface area contributed by atoms with Crippen LogP contribution in [0.5, 0.6) is 5.88 Å². The summed E-state index contributed by atoms with van der Waals surface area (Å²) in [7, 11) is 1.60. The lowest BCUT2D eigenvalue weighted by atomic mass is 9.86. The normalized spacial score (nSPS) is 13.1. The fourth-order valence-corrected chi connectivity index (χ4v) is 2.84. The van der Waals surface area contributed by atoms with Crippen LogP contribution in [0.25, 0.3) is 0 Å². The molecule has 19 heavy (non-hydrogen) atoms. The van der Waals surface area contributed by atoms with Crippen molar-refractivity contribution in [3.8, 4) is 5.88 Å². The average molecular weight is 277 g/mol. The molecule has 0 bridgehead atoms. The van der Waals surface area contributed by atoms with Gasteiger partial charge in [0, 0.05) is 17.1 Å². The fraction of sp³-hybridized carbons (Fsp3) is 0.429. The Morgan fingerprint density at radius 3 is 2.68 bits per heavy atom. The van der Waals surface area contributed by atoms with Crippen LogP contribution in [0.2, 0.25) is 0 Å². The molecule has 2 aromatic rings. The van der Waals surface area contributed by atoms with Crippen molar-refractivity contribution in [1.82, 2.24) is 9.97 Å². The van der Waals surface area contributed by atoms with Gasteiger partial charge in [0.1, 0.15) is 0 Å². The number of hydrogen-bond donors (Lipinski definition) is 1. The molecular weight excluding hydrogens is 258 g/mol. The molecule has 1 N–H and O–H groups in total. The minimum Gasteiger partial charge on any atom is -0.481 e. The van der Waals surface area contributed by atoms with Gasteiger partial charge in [-0.25, -0.2) is 4.98 Å². The maximum absolute atomic E-state index is 5.12.